The van der Waals surface area contributed by atoms with Crippen LogP contribution in [0.3, 0.4) is 0 Å². The number of nitrogens with one attached hydrogen (secondary N) is 1. The summed E-state index contributed by atoms with van der Waals surface area (Å²) in [7, 11) is -16.8. The number of H-pyrrole nitrogens is 1. The average molecular weight is 633 g/mol. The first-order valence-corrected chi connectivity index (χ1v) is 16.0. The van der Waals surface area contributed by atoms with E-state index in [4.69, 9.17) is 14.5 Å². The number of aromatic nitrogens is 2. The number of aliphatic hydroxyl groups is 1. The van der Waals surface area contributed by atoms with E-state index < -0.39 is 70.8 Å². The monoisotopic (exact) mass is 633 g/mol. The van der Waals surface area contributed by atoms with E-state index in [-0.39, 0.29) is 17.9 Å². The van der Waals surface area contributed by atoms with Crippen LogP contribution in [0, 0.1) is 17.8 Å². The molecule has 2 aliphatic heterocycles. The number of aromatic amines is 1. The largest absolute Gasteiger partial charge is 0.490 e. The molecule has 0 aromatic carbocycles. The van der Waals surface area contributed by atoms with Crippen LogP contribution < -0.4 is 11.2 Å². The molecule has 226 valence electrons. The summed E-state index contributed by atoms with van der Waals surface area (Å²) >= 11 is 0. The zero-order valence-corrected chi connectivity index (χ0v) is 24.3. The third-order valence-corrected chi connectivity index (χ3v) is 10.2. The molecule has 0 saturated carbocycles. The summed E-state index contributed by atoms with van der Waals surface area (Å²) in [6, 6.07) is 0. The van der Waals surface area contributed by atoms with Gasteiger partial charge >= 0.3 is 29.2 Å². The van der Waals surface area contributed by atoms with Crippen LogP contribution in [0.4, 0.5) is 0 Å². The van der Waals surface area contributed by atoms with Crippen molar-refractivity contribution in [2.75, 3.05) is 6.61 Å². The first-order chi connectivity index (χ1) is 18.0. The average Bonchev–Trinajstić information content (AvgIpc) is 3.19. The zero-order valence-electron chi connectivity index (χ0n) is 21.6. The Hall–Kier alpha value is -1.51. The minimum Gasteiger partial charge on any atom is -0.390 e. The molecular weight excluding hydrogens is 603 g/mol. The highest BCUT2D eigenvalue weighted by atomic mass is 31.3. The number of hydrogen-bond donors (Lipinski definition) is 7. The Morgan fingerprint density at radius 2 is 1.73 bits per heavy atom. The quantitative estimate of drug-likeness (QED) is 0.148. The van der Waals surface area contributed by atoms with Gasteiger partial charge in [-0.3, -0.25) is 18.9 Å². The number of phosphoric ester groups is 1. The molecule has 2 fully saturated rings. The van der Waals surface area contributed by atoms with Gasteiger partial charge in [-0.15, -0.1) is 0 Å². The van der Waals surface area contributed by atoms with Crippen molar-refractivity contribution < 1.29 is 61.5 Å². The molecule has 0 amide bonds. The predicted molar refractivity (Wildman–Crippen MR) is 132 cm³/mol. The molecular formula is C19H30N3O15P3. The predicted octanol–water partition coefficient (Wildman–Crippen LogP) is 0.148. The Balaban J connectivity index is 1.74. The Bertz CT molecular complexity index is 1450. The molecule has 3 rings (SSSR count). The fraction of sp³-hybridized carbons (Fsp3) is 0.684. The summed E-state index contributed by atoms with van der Waals surface area (Å²) < 4.78 is 52.2. The van der Waals surface area contributed by atoms with Crippen LogP contribution in [0.15, 0.2) is 15.8 Å². The minimum absolute atomic E-state index is 0.112. The van der Waals surface area contributed by atoms with Gasteiger partial charge < -0.3 is 34.6 Å². The van der Waals surface area contributed by atoms with Crippen molar-refractivity contribution in [2.45, 2.75) is 70.1 Å². The summed E-state index contributed by atoms with van der Waals surface area (Å²) in [5.74, 6) is 5.36. The number of hydroxylamine groups is 2. The number of ether oxygens (including phenoxy) is 1. The van der Waals surface area contributed by atoms with Gasteiger partial charge in [0.1, 0.15) is 17.9 Å². The van der Waals surface area contributed by atoms with Gasteiger partial charge in [-0.25, -0.2) is 18.5 Å². The molecule has 3 heterocycles. The van der Waals surface area contributed by atoms with Crippen LogP contribution in [0.2, 0.25) is 0 Å². The lowest BCUT2D eigenvalue weighted by atomic mass is 9.87. The molecule has 18 nitrogen and oxygen atoms in total. The van der Waals surface area contributed by atoms with Crippen molar-refractivity contribution in [1.82, 2.24) is 14.6 Å². The Labute approximate surface area is 226 Å². The first kappa shape index (κ1) is 33.0. The van der Waals surface area contributed by atoms with Gasteiger partial charge in [0.25, 0.3) is 5.56 Å². The lowest BCUT2D eigenvalue weighted by Gasteiger charge is -2.34. The molecule has 0 bridgehead atoms. The fourth-order valence-corrected chi connectivity index (χ4v) is 7.48. The molecule has 0 radical (unpaired) electrons. The fourth-order valence-electron chi connectivity index (χ4n) is 4.45. The van der Waals surface area contributed by atoms with Crippen molar-refractivity contribution in [1.29, 1.82) is 0 Å². The standard InChI is InChI=1S/C19H30N3O15P3/c1-18(2)8-12(19(3,4)22(18)26)6-5-11-9-21(17(25)20-16(11)24)15-7-13(23)14(35-15)10-34-39(30,31)37-40(32,33)36-38(27,28)29/h9,12-15,23,26H,7-8,10H2,1-4H3,(H,30,31)(H,32,33)(H,20,24,25)(H2,27,28,29)/t12?,13-,14+,15+/m0/s1. The van der Waals surface area contributed by atoms with Gasteiger partial charge in [-0.05, 0) is 34.1 Å². The first-order valence-electron chi connectivity index (χ1n) is 11.5. The van der Waals surface area contributed by atoms with E-state index in [1.165, 1.54) is 5.06 Å². The van der Waals surface area contributed by atoms with Crippen LogP contribution in [0.25, 0.3) is 0 Å². The summed E-state index contributed by atoms with van der Waals surface area (Å²) in [5.41, 5.74) is -3.11. The van der Waals surface area contributed by atoms with Gasteiger partial charge in [0, 0.05) is 24.1 Å². The summed E-state index contributed by atoms with van der Waals surface area (Å²) in [6.07, 6.45) is -2.64. The molecule has 1 aromatic rings. The number of hydrogen-bond acceptors (Lipinski definition) is 12. The third kappa shape index (κ3) is 7.86. The van der Waals surface area contributed by atoms with Gasteiger partial charge in [0.15, 0.2) is 0 Å². The Morgan fingerprint density at radius 3 is 2.27 bits per heavy atom. The molecule has 2 aliphatic rings. The molecule has 0 spiro atoms. The molecule has 1 aromatic heterocycles. The minimum atomic E-state index is -5.74. The van der Waals surface area contributed by atoms with E-state index in [2.05, 4.69) is 30.0 Å². The molecule has 2 saturated heterocycles. The number of nitrogens with zero attached hydrogens (tertiary/aromatic N) is 2. The Kier molecular flexibility index (Phi) is 9.31. The van der Waals surface area contributed by atoms with Crippen molar-refractivity contribution in [3.8, 4) is 11.8 Å². The maximum Gasteiger partial charge on any atom is 0.490 e. The highest BCUT2D eigenvalue weighted by Crippen LogP contribution is 2.66. The van der Waals surface area contributed by atoms with E-state index in [0.29, 0.717) is 6.42 Å². The SMILES string of the molecule is CC1(C)CC(C#Cc2cn([C@H]3C[C@H](O)[C@@H](COP(=O)(O)OP(=O)(O)OP(=O)(O)O)O3)c(=O)[nH]c2=O)C(C)(C)N1O. The van der Waals surface area contributed by atoms with Gasteiger partial charge in [-0.1, -0.05) is 11.8 Å². The molecule has 7 N–H and O–H groups in total. The highest BCUT2D eigenvalue weighted by Gasteiger charge is 2.50. The maximum absolute atomic E-state index is 12.5. The van der Waals surface area contributed by atoms with Gasteiger partial charge in [0.05, 0.1) is 18.2 Å². The molecule has 21 heteroatoms. The van der Waals surface area contributed by atoms with Crippen LogP contribution in [0.5, 0.6) is 0 Å². The molecule has 40 heavy (non-hydrogen) atoms. The Morgan fingerprint density at radius 1 is 1.10 bits per heavy atom. The summed E-state index contributed by atoms with van der Waals surface area (Å²) in [6.45, 7) is 6.33. The number of aliphatic hydroxyl groups excluding tert-OH is 1. The summed E-state index contributed by atoms with van der Waals surface area (Å²) in [4.78, 5) is 62.9. The van der Waals surface area contributed by atoms with Crippen molar-refractivity contribution in [3.05, 3.63) is 32.6 Å². The summed E-state index contributed by atoms with van der Waals surface area (Å²) in [5, 5.41) is 22.0. The maximum atomic E-state index is 12.5. The lowest BCUT2D eigenvalue weighted by Crippen LogP contribution is -2.47. The number of phosphoric acid groups is 3. The van der Waals surface area contributed by atoms with Crippen molar-refractivity contribution in [2.24, 2.45) is 5.92 Å². The normalized spacial score (nSPS) is 29.4. The van der Waals surface area contributed by atoms with E-state index in [9.17, 15) is 43.4 Å². The van der Waals surface area contributed by atoms with E-state index >= 15 is 0 Å². The third-order valence-electron chi connectivity index (χ3n) is 6.36. The molecule has 3 unspecified atom stereocenters. The zero-order chi connectivity index (χ0) is 30.5. The van der Waals surface area contributed by atoms with Crippen molar-refractivity contribution in [3.63, 3.8) is 0 Å². The van der Waals surface area contributed by atoms with Crippen LogP contribution >= 0.6 is 23.5 Å². The molecule has 0 aliphatic carbocycles. The van der Waals surface area contributed by atoms with Crippen LogP contribution in [-0.4, -0.2) is 74.4 Å². The van der Waals surface area contributed by atoms with E-state index in [1.807, 2.05) is 13.8 Å². The van der Waals surface area contributed by atoms with Gasteiger partial charge in [0.2, 0.25) is 0 Å². The smallest absolute Gasteiger partial charge is 0.390 e. The van der Waals surface area contributed by atoms with Crippen LogP contribution in [-0.2, 0) is 31.6 Å². The second kappa shape index (κ2) is 11.3. The number of rotatable bonds is 8. The van der Waals surface area contributed by atoms with Crippen molar-refractivity contribution >= 4 is 23.5 Å². The topological polar surface area (TPSA) is 268 Å². The van der Waals surface area contributed by atoms with Gasteiger partial charge in [-0.2, -0.15) is 13.7 Å². The van der Waals surface area contributed by atoms with Crippen LogP contribution in [0.1, 0.15) is 52.3 Å². The van der Waals surface area contributed by atoms with E-state index in [1.54, 1.807) is 13.8 Å². The second-order valence-electron chi connectivity index (χ2n) is 10.3. The molecule has 6 atom stereocenters. The lowest BCUT2D eigenvalue weighted by molar-refractivity contribution is -0.194. The second-order valence-corrected chi connectivity index (χ2v) is 14.8. The highest BCUT2D eigenvalue weighted by molar-refractivity contribution is 7.66. The van der Waals surface area contributed by atoms with E-state index in [0.717, 1.165) is 10.8 Å².